The molecule has 0 aliphatic heterocycles. The Labute approximate surface area is 158 Å². The summed E-state index contributed by atoms with van der Waals surface area (Å²) in [6.45, 7) is 3.99. The van der Waals surface area contributed by atoms with Crippen molar-refractivity contribution < 1.29 is 39.1 Å². The molecule has 23 heavy (non-hydrogen) atoms. The fraction of sp³-hybridized carbons (Fsp3) is 0.118. The summed E-state index contributed by atoms with van der Waals surface area (Å²) >= 11 is 0. The van der Waals surface area contributed by atoms with Gasteiger partial charge in [0.2, 0.25) is 0 Å². The van der Waals surface area contributed by atoms with Crippen LogP contribution in [0.3, 0.4) is 0 Å². The number of ether oxygens (including phenoxy) is 1. The maximum atomic E-state index is 12.1. The first-order valence-corrected chi connectivity index (χ1v) is 6.84. The molecule has 2 aromatic carbocycles. The van der Waals surface area contributed by atoms with Crippen LogP contribution in [0.15, 0.2) is 59.6 Å². The van der Waals surface area contributed by atoms with E-state index < -0.39 is 0 Å². The number of carbonyl (C=O) groups excluding carboxylic acids is 1. The van der Waals surface area contributed by atoms with Crippen LogP contribution in [0.4, 0.5) is 5.69 Å². The van der Waals surface area contributed by atoms with Gasteiger partial charge in [-0.25, -0.2) is 0 Å². The molecule has 2 rings (SSSR count). The van der Waals surface area contributed by atoms with E-state index in [1.165, 1.54) is 0 Å². The smallest absolute Gasteiger partial charge is 0.497 e. The van der Waals surface area contributed by atoms with Gasteiger partial charge in [-0.15, -0.1) is 0 Å². The van der Waals surface area contributed by atoms with Crippen LogP contribution in [0, 0.1) is 6.92 Å². The largest absolute Gasteiger partial charge is 1.00 e. The number of benzene rings is 2. The summed E-state index contributed by atoms with van der Waals surface area (Å²) in [5.74, 6) is 0.886. The predicted octanol–water partition coefficient (Wildman–Crippen LogP) is -0.269. The topological polar surface area (TPSA) is 62.7 Å². The van der Waals surface area contributed by atoms with Gasteiger partial charge >= 0.3 is 29.6 Å². The first-order valence-electron chi connectivity index (χ1n) is 6.84. The van der Waals surface area contributed by atoms with Gasteiger partial charge in [0.05, 0.1) is 7.11 Å². The molecule has 0 fully saturated rings. The van der Waals surface area contributed by atoms with Gasteiger partial charge in [-0.05, 0) is 36.4 Å². The number of nitrogens with one attached hydrogen (secondary N) is 2. The Bertz CT molecular complexity index is 643. The molecule has 0 aromatic heterocycles. The molecule has 0 saturated carbocycles. The van der Waals surface area contributed by atoms with Crippen LogP contribution < -0.4 is 44.9 Å². The summed E-state index contributed by atoms with van der Waals surface area (Å²) in [5, 5.41) is 5.79. The van der Waals surface area contributed by atoms with Crippen LogP contribution in [0.2, 0.25) is 0 Å². The Kier molecular flexibility index (Phi) is 8.40. The minimum atomic E-state index is -0.228. The van der Waals surface area contributed by atoms with Crippen molar-refractivity contribution in [1.82, 2.24) is 5.32 Å². The van der Waals surface area contributed by atoms with E-state index in [-0.39, 0.29) is 35.5 Å². The van der Waals surface area contributed by atoms with Crippen molar-refractivity contribution in [3.05, 3.63) is 67.1 Å². The van der Waals surface area contributed by atoms with E-state index in [1.54, 1.807) is 19.2 Å². The maximum Gasteiger partial charge on any atom is 1.00 e. The Morgan fingerprint density at radius 3 is 2.35 bits per heavy atom. The number of guanidine groups is 1. The quantitative estimate of drug-likeness (QED) is 0.353. The number of methoxy groups -OCH3 is 1. The first kappa shape index (κ1) is 19.2. The van der Waals surface area contributed by atoms with Crippen LogP contribution in [0.25, 0.3) is 0 Å². The van der Waals surface area contributed by atoms with Crippen LogP contribution in [0.5, 0.6) is 5.75 Å². The van der Waals surface area contributed by atoms with Crippen LogP contribution in [-0.4, -0.2) is 25.5 Å². The molecule has 0 bridgehead atoms. The zero-order valence-corrected chi connectivity index (χ0v) is 15.4. The third kappa shape index (κ3) is 6.06. The second-order valence-corrected chi connectivity index (χ2v) is 4.40. The predicted molar refractivity (Wildman–Crippen MR) is 88.2 cm³/mol. The van der Waals surface area contributed by atoms with Crippen molar-refractivity contribution in [1.29, 1.82) is 0 Å². The van der Waals surface area contributed by atoms with Crippen molar-refractivity contribution in [2.45, 2.75) is 0 Å². The maximum absolute atomic E-state index is 12.1. The number of amides is 1. The fourth-order valence-corrected chi connectivity index (χ4v) is 1.80. The third-order valence-electron chi connectivity index (χ3n) is 2.89. The minimum absolute atomic E-state index is 0. The number of hydrogen-bond acceptors (Lipinski definition) is 3. The van der Waals surface area contributed by atoms with Gasteiger partial charge in [0, 0.05) is 11.3 Å². The summed E-state index contributed by atoms with van der Waals surface area (Å²) in [6, 6.07) is 16.3. The van der Waals surface area contributed by atoms with Crippen molar-refractivity contribution in [3.8, 4) is 5.75 Å². The summed E-state index contributed by atoms with van der Waals surface area (Å²) in [5.41, 5.74) is 1.36. The average Bonchev–Trinajstić information content (AvgIpc) is 2.56. The van der Waals surface area contributed by atoms with E-state index in [0.717, 1.165) is 11.4 Å². The van der Waals surface area contributed by atoms with Gasteiger partial charge in [0.25, 0.3) is 5.91 Å². The molecule has 0 saturated heterocycles. The minimum Gasteiger partial charge on any atom is -0.497 e. The average molecular weight is 319 g/mol. The van der Waals surface area contributed by atoms with E-state index in [0.29, 0.717) is 18.1 Å². The molecule has 2 N–H and O–H groups in total. The van der Waals surface area contributed by atoms with Crippen molar-refractivity contribution in [3.63, 3.8) is 0 Å². The Morgan fingerprint density at radius 2 is 1.78 bits per heavy atom. The summed E-state index contributed by atoms with van der Waals surface area (Å²) in [7, 11) is 1.61. The van der Waals surface area contributed by atoms with E-state index in [1.807, 2.05) is 42.5 Å². The van der Waals surface area contributed by atoms with Crippen molar-refractivity contribution in [2.75, 3.05) is 19.0 Å². The molecule has 0 unspecified atom stereocenters. The standard InChI is InChI=1S/C17H18N3O2.Na/c1-3-18-17(19-14-9-11-15(22-2)12-10-14)20-16(21)13-7-5-4-6-8-13;/h4-12H,1,3H2,2H3,(H2,18,19,20,21);/q-1;+1. The zero-order chi connectivity index (χ0) is 15.8. The second-order valence-electron chi connectivity index (χ2n) is 4.40. The van der Waals surface area contributed by atoms with Crippen LogP contribution in [0.1, 0.15) is 10.4 Å². The third-order valence-corrected chi connectivity index (χ3v) is 2.89. The van der Waals surface area contributed by atoms with Gasteiger partial charge in [-0.3, -0.25) is 15.1 Å². The van der Waals surface area contributed by atoms with Gasteiger partial charge in [-0.2, -0.15) is 0 Å². The molecule has 0 heterocycles. The molecule has 0 spiro atoms. The van der Waals surface area contributed by atoms with Crippen LogP contribution >= 0.6 is 0 Å². The molecule has 2 aromatic rings. The Balaban J connectivity index is 0.00000264. The van der Waals surface area contributed by atoms with E-state index in [4.69, 9.17) is 4.74 Å². The van der Waals surface area contributed by atoms with Crippen molar-refractivity contribution in [2.24, 2.45) is 4.99 Å². The number of rotatable bonds is 4. The molecule has 5 nitrogen and oxygen atoms in total. The van der Waals surface area contributed by atoms with E-state index >= 15 is 0 Å². The first-order chi connectivity index (χ1) is 10.7. The monoisotopic (exact) mass is 319 g/mol. The van der Waals surface area contributed by atoms with Crippen LogP contribution in [-0.2, 0) is 0 Å². The van der Waals surface area contributed by atoms with Gasteiger partial charge in [0.15, 0.2) is 5.96 Å². The fourth-order valence-electron chi connectivity index (χ4n) is 1.80. The second kappa shape index (κ2) is 10.0. The van der Waals surface area contributed by atoms with Crippen molar-refractivity contribution >= 4 is 17.6 Å². The zero-order valence-electron chi connectivity index (χ0n) is 13.4. The summed E-state index contributed by atoms with van der Waals surface area (Å²) in [4.78, 5) is 16.3. The summed E-state index contributed by atoms with van der Waals surface area (Å²) < 4.78 is 5.11. The van der Waals surface area contributed by atoms with Gasteiger partial charge in [0.1, 0.15) is 5.75 Å². The van der Waals surface area contributed by atoms with Gasteiger partial charge < -0.3 is 17.0 Å². The molecule has 114 valence electrons. The van der Waals surface area contributed by atoms with Gasteiger partial charge in [-0.1, -0.05) is 24.7 Å². The Morgan fingerprint density at radius 1 is 1.13 bits per heavy atom. The molecule has 0 radical (unpaired) electrons. The molecule has 0 aliphatic carbocycles. The molecule has 6 heteroatoms. The molecular formula is C17H18N3NaO2. The normalized spacial score (nSPS) is 10.4. The number of carbonyl (C=O) groups is 1. The number of hydrogen-bond donors (Lipinski definition) is 2. The Hall–Kier alpha value is -1.82. The molecule has 1 amide bonds. The SMILES string of the molecule is [CH2-]CN=C(NC(=O)c1ccccc1)Nc1ccc(OC)cc1.[Na+]. The molecular weight excluding hydrogens is 301 g/mol. The molecule has 0 atom stereocenters. The summed E-state index contributed by atoms with van der Waals surface area (Å²) in [6.07, 6.45) is 0. The number of aliphatic imine (C=N–C) groups is 1. The molecule has 0 aliphatic rings. The number of nitrogens with zero attached hydrogens (tertiary/aromatic N) is 1. The van der Waals surface area contributed by atoms with E-state index in [9.17, 15) is 4.79 Å². The number of anilines is 1. The van der Waals surface area contributed by atoms with E-state index in [2.05, 4.69) is 22.5 Å².